The molecule has 2 saturated heterocycles. The Morgan fingerprint density at radius 3 is 2.07 bits per heavy atom. The number of carbonyl (C=O) groups excluding carboxylic acids is 1. The number of carboxylic acids is 1. The van der Waals surface area contributed by atoms with Gasteiger partial charge in [0.15, 0.2) is 23.3 Å². The molecule has 0 unspecified atom stereocenters. The summed E-state index contributed by atoms with van der Waals surface area (Å²) in [5.74, 6) is -14.8. The van der Waals surface area contributed by atoms with E-state index in [2.05, 4.69) is 0 Å². The van der Waals surface area contributed by atoms with Crippen molar-refractivity contribution in [2.75, 3.05) is 24.7 Å². The van der Waals surface area contributed by atoms with Crippen molar-refractivity contribution in [3.8, 4) is 5.75 Å². The third kappa shape index (κ3) is 6.04. The molecule has 43 heavy (non-hydrogen) atoms. The molecule has 1 amide bonds. The number of nitrogens with zero attached hydrogens (tertiary/aromatic N) is 2. The second-order valence-corrected chi connectivity index (χ2v) is 11.2. The molecule has 2 aliphatic heterocycles. The Hall–Kier alpha value is -3.75. The molecule has 3 aromatic carbocycles. The van der Waals surface area contributed by atoms with E-state index in [1.165, 1.54) is 0 Å². The number of amides is 1. The summed E-state index contributed by atoms with van der Waals surface area (Å²) in [6, 6.07) is 7.36. The largest absolute Gasteiger partial charge is 0.507 e. The fourth-order valence-corrected chi connectivity index (χ4v) is 6.09. The summed E-state index contributed by atoms with van der Waals surface area (Å²) < 4.78 is 91.4. The van der Waals surface area contributed by atoms with Crippen molar-refractivity contribution in [2.45, 2.75) is 42.7 Å². The Balaban J connectivity index is 1.45. The molecule has 0 aromatic heterocycles. The molecule has 2 N–H and O–H groups in total. The van der Waals surface area contributed by atoms with Crippen molar-refractivity contribution in [1.82, 2.24) is 4.31 Å². The number of hydrogen-bond donors (Lipinski definition) is 2. The average Bonchev–Trinajstić information content (AvgIpc) is 2.99. The highest BCUT2D eigenvalue weighted by Gasteiger charge is 2.41. The van der Waals surface area contributed by atoms with E-state index in [0.29, 0.717) is 24.8 Å². The molecule has 0 spiro atoms. The number of ether oxygens (including phenoxy) is 1. The molecule has 7 nitrogen and oxygen atoms in total. The van der Waals surface area contributed by atoms with Crippen LogP contribution in [0, 0.1) is 34.9 Å². The van der Waals surface area contributed by atoms with E-state index in [-0.39, 0.29) is 37.4 Å². The Labute approximate surface area is 245 Å². The first-order valence-corrected chi connectivity index (χ1v) is 13.9. The van der Waals surface area contributed by atoms with Crippen LogP contribution in [0.4, 0.5) is 32.0 Å². The van der Waals surface area contributed by atoms with Crippen molar-refractivity contribution in [3.05, 3.63) is 88.0 Å². The van der Waals surface area contributed by atoms with Crippen LogP contribution in [-0.2, 0) is 16.1 Å². The topological polar surface area (TPSA) is 90.3 Å². The zero-order chi connectivity index (χ0) is 31.0. The highest BCUT2D eigenvalue weighted by molar-refractivity contribution is 7.97. The van der Waals surface area contributed by atoms with Gasteiger partial charge in [-0.2, -0.15) is 0 Å². The van der Waals surface area contributed by atoms with Crippen molar-refractivity contribution >= 4 is 29.5 Å². The summed E-state index contributed by atoms with van der Waals surface area (Å²) in [7, 11) is 0. The third-order valence-electron chi connectivity index (χ3n) is 7.50. The van der Waals surface area contributed by atoms with Crippen LogP contribution in [0.25, 0.3) is 0 Å². The van der Waals surface area contributed by atoms with Gasteiger partial charge < -0.3 is 19.8 Å². The summed E-state index contributed by atoms with van der Waals surface area (Å²) in [4.78, 5) is 24.9. The Bertz CT molecular complexity index is 1540. The van der Waals surface area contributed by atoms with Gasteiger partial charge in [-0.15, -0.1) is 0 Å². The van der Waals surface area contributed by atoms with Gasteiger partial charge >= 0.3 is 5.97 Å². The molecule has 0 bridgehead atoms. The SMILES string of the molecule is O=C(O)c1cc(F)c(N(Cc2ccc(C3CCOCC3)cc2)C(=O)[C@H]2CCN2Sc2c(F)c(F)c(F)c(F)c2F)cc1O. The van der Waals surface area contributed by atoms with E-state index in [9.17, 15) is 41.8 Å². The quantitative estimate of drug-likeness (QED) is 0.135. The number of aromatic hydroxyl groups is 1. The van der Waals surface area contributed by atoms with Gasteiger partial charge in [-0.05, 0) is 54.3 Å². The molecule has 5 rings (SSSR count). The summed E-state index contributed by atoms with van der Waals surface area (Å²) in [5, 5.41) is 19.5. The molecule has 0 radical (unpaired) electrons. The second kappa shape index (κ2) is 12.5. The molecule has 2 aliphatic rings. The first-order valence-electron chi connectivity index (χ1n) is 13.2. The molecular weight excluding hydrogens is 602 g/mol. The van der Waals surface area contributed by atoms with Gasteiger partial charge in [0.2, 0.25) is 11.7 Å². The maximum atomic E-state index is 15.3. The molecule has 3 aromatic rings. The lowest BCUT2D eigenvalue weighted by Gasteiger charge is -2.41. The van der Waals surface area contributed by atoms with Gasteiger partial charge in [0.25, 0.3) is 0 Å². The van der Waals surface area contributed by atoms with Crippen molar-refractivity contribution in [2.24, 2.45) is 0 Å². The minimum Gasteiger partial charge on any atom is -0.507 e. The predicted octanol–water partition coefficient (Wildman–Crippen LogP) is 6.13. The number of carbonyl (C=O) groups is 2. The number of carboxylic acid groups (broad SMARTS) is 1. The molecular formula is C29H24F6N2O5S. The third-order valence-corrected chi connectivity index (χ3v) is 8.71. The van der Waals surface area contributed by atoms with Crippen molar-refractivity contribution in [1.29, 1.82) is 0 Å². The lowest BCUT2D eigenvalue weighted by molar-refractivity contribution is -0.124. The predicted molar refractivity (Wildman–Crippen MR) is 143 cm³/mol. The summed E-state index contributed by atoms with van der Waals surface area (Å²) in [6.45, 7) is 1.04. The maximum Gasteiger partial charge on any atom is 0.339 e. The zero-order valence-electron chi connectivity index (χ0n) is 22.3. The number of aromatic carboxylic acids is 1. The van der Waals surface area contributed by atoms with E-state index < -0.39 is 74.7 Å². The Morgan fingerprint density at radius 2 is 1.51 bits per heavy atom. The van der Waals surface area contributed by atoms with Crippen LogP contribution >= 0.6 is 11.9 Å². The number of rotatable bonds is 8. The number of hydrogen-bond acceptors (Lipinski definition) is 6. The highest BCUT2D eigenvalue weighted by Crippen LogP contribution is 2.40. The molecule has 0 saturated carbocycles. The van der Waals surface area contributed by atoms with E-state index in [0.717, 1.165) is 33.7 Å². The Kier molecular flexibility index (Phi) is 8.90. The van der Waals surface area contributed by atoms with Gasteiger partial charge in [-0.3, -0.25) is 4.79 Å². The van der Waals surface area contributed by atoms with E-state index >= 15 is 4.39 Å². The van der Waals surface area contributed by atoms with Gasteiger partial charge in [-0.25, -0.2) is 35.4 Å². The first kappa shape index (κ1) is 30.7. The molecule has 1 atom stereocenters. The van der Waals surface area contributed by atoms with Gasteiger partial charge in [0.05, 0.1) is 12.2 Å². The standard InChI is InChI=1S/C29H24F6N2O5S/c30-18-11-17(29(40)41)21(38)12-20(18)36(13-14-1-3-15(4-2-14)16-6-9-42-10-7-16)28(39)19-5-8-37(19)43-27-25(34)23(32)22(31)24(33)26(27)35/h1-4,11-12,16,19,38H,5-10,13H2,(H,40,41)/t19-/m1/s1. The minimum atomic E-state index is -2.32. The number of anilines is 1. The minimum absolute atomic E-state index is 0.0277. The molecule has 228 valence electrons. The van der Waals surface area contributed by atoms with Crippen LogP contribution in [0.3, 0.4) is 0 Å². The van der Waals surface area contributed by atoms with Gasteiger partial charge in [0, 0.05) is 25.8 Å². The average molecular weight is 627 g/mol. The number of phenols is 1. The lowest BCUT2D eigenvalue weighted by atomic mass is 9.91. The molecule has 2 heterocycles. The fraction of sp³-hybridized carbons (Fsp3) is 0.310. The van der Waals surface area contributed by atoms with Crippen LogP contribution in [0.2, 0.25) is 0 Å². The van der Waals surface area contributed by atoms with Crippen LogP contribution in [0.15, 0.2) is 41.3 Å². The second-order valence-electron chi connectivity index (χ2n) is 10.1. The molecule has 2 fully saturated rings. The fourth-order valence-electron chi connectivity index (χ4n) is 5.00. The lowest BCUT2D eigenvalue weighted by Crippen LogP contribution is -2.54. The monoisotopic (exact) mass is 626 g/mol. The van der Waals surface area contributed by atoms with Gasteiger partial charge in [-0.1, -0.05) is 24.3 Å². The number of halogens is 6. The normalized spacial score (nSPS) is 17.5. The van der Waals surface area contributed by atoms with Gasteiger partial charge in [0.1, 0.15) is 28.1 Å². The first-order chi connectivity index (χ1) is 20.5. The summed E-state index contributed by atoms with van der Waals surface area (Å²) >= 11 is 0.166. The maximum absolute atomic E-state index is 15.3. The van der Waals surface area contributed by atoms with Crippen LogP contribution in [-0.4, -0.2) is 52.2 Å². The summed E-state index contributed by atoms with van der Waals surface area (Å²) in [5.41, 5.74) is 0.392. The van der Waals surface area contributed by atoms with Crippen LogP contribution < -0.4 is 4.90 Å². The van der Waals surface area contributed by atoms with Crippen LogP contribution in [0.5, 0.6) is 5.75 Å². The van der Waals surface area contributed by atoms with E-state index in [4.69, 9.17) is 4.74 Å². The van der Waals surface area contributed by atoms with E-state index in [1.807, 2.05) is 12.1 Å². The zero-order valence-corrected chi connectivity index (χ0v) is 23.1. The smallest absolute Gasteiger partial charge is 0.339 e. The van der Waals surface area contributed by atoms with Crippen molar-refractivity contribution < 1.29 is 50.9 Å². The number of benzene rings is 3. The molecule has 0 aliphatic carbocycles. The molecule has 14 heteroatoms. The van der Waals surface area contributed by atoms with Crippen LogP contribution in [0.1, 0.15) is 46.7 Å². The Morgan fingerprint density at radius 1 is 0.907 bits per heavy atom. The highest BCUT2D eigenvalue weighted by atomic mass is 32.2. The summed E-state index contributed by atoms with van der Waals surface area (Å²) in [6.07, 6.45) is 1.77. The van der Waals surface area contributed by atoms with Crippen molar-refractivity contribution in [3.63, 3.8) is 0 Å². The van der Waals surface area contributed by atoms with E-state index in [1.54, 1.807) is 12.1 Å².